The van der Waals surface area contributed by atoms with Crippen LogP contribution in [0, 0.1) is 12.3 Å². The van der Waals surface area contributed by atoms with Crippen LogP contribution in [0.4, 0.5) is 0 Å². The second-order valence-electron chi connectivity index (χ2n) is 7.05. The number of hydrogen-bond acceptors (Lipinski definition) is 4. The van der Waals surface area contributed by atoms with Gasteiger partial charge in [0.2, 0.25) is 11.8 Å². The molecular weight excluding hydrogens is 362 g/mol. The first-order chi connectivity index (χ1) is 12.6. The van der Waals surface area contributed by atoms with Crippen LogP contribution in [0.25, 0.3) is 5.70 Å². The summed E-state index contributed by atoms with van der Waals surface area (Å²) in [6, 6.07) is 15.6. The van der Waals surface area contributed by atoms with Gasteiger partial charge in [-0.05, 0) is 43.2 Å². The molecule has 5 nitrogen and oxygen atoms in total. The Morgan fingerprint density at radius 2 is 1.74 bits per heavy atom. The molecule has 3 rings (SSSR count). The molecule has 0 fully saturated rings. The van der Waals surface area contributed by atoms with E-state index in [0.717, 1.165) is 10.5 Å². The Balaban J connectivity index is 2.05. The fourth-order valence-corrected chi connectivity index (χ4v) is 5.13. The molecule has 1 unspecified atom stereocenters. The molecule has 27 heavy (non-hydrogen) atoms. The second kappa shape index (κ2) is 6.78. The zero-order valence-corrected chi connectivity index (χ0v) is 16.3. The van der Waals surface area contributed by atoms with Gasteiger partial charge in [0.1, 0.15) is 0 Å². The van der Waals surface area contributed by atoms with E-state index < -0.39 is 32.8 Å². The van der Waals surface area contributed by atoms with Crippen molar-refractivity contribution in [1.82, 2.24) is 4.90 Å². The average molecular weight is 383 g/mol. The van der Waals surface area contributed by atoms with Crippen LogP contribution in [-0.2, 0) is 19.4 Å². The number of sulfone groups is 1. The van der Waals surface area contributed by atoms with Gasteiger partial charge in [-0.2, -0.15) is 0 Å². The number of amides is 2. The lowest BCUT2D eigenvalue weighted by Crippen LogP contribution is -2.40. The summed E-state index contributed by atoms with van der Waals surface area (Å²) in [6.45, 7) is 4.68. The minimum absolute atomic E-state index is 0.174. The van der Waals surface area contributed by atoms with Crippen molar-refractivity contribution in [2.45, 2.75) is 25.7 Å². The first-order valence-electron chi connectivity index (χ1n) is 8.57. The van der Waals surface area contributed by atoms with Crippen LogP contribution in [0.3, 0.4) is 0 Å². The predicted molar refractivity (Wildman–Crippen MR) is 103 cm³/mol. The van der Waals surface area contributed by atoms with Gasteiger partial charge in [0, 0.05) is 6.92 Å². The van der Waals surface area contributed by atoms with Gasteiger partial charge in [-0.25, -0.2) is 13.3 Å². The molecule has 0 aromatic heterocycles. The number of carbonyl (C=O) groups excluding carboxylic acids is 2. The third-order valence-electron chi connectivity index (χ3n) is 4.61. The monoisotopic (exact) mass is 383 g/mol. The van der Waals surface area contributed by atoms with Crippen LogP contribution in [0.5, 0.6) is 0 Å². The normalized spacial score (nSPS) is 19.9. The molecule has 1 aliphatic rings. The Morgan fingerprint density at radius 1 is 1.07 bits per heavy atom. The van der Waals surface area contributed by atoms with Crippen molar-refractivity contribution in [3.05, 3.63) is 71.8 Å². The van der Waals surface area contributed by atoms with E-state index in [-0.39, 0.29) is 4.90 Å². The lowest BCUT2D eigenvalue weighted by atomic mass is 9.93. The topological polar surface area (TPSA) is 71.5 Å². The smallest absolute Gasteiger partial charge is 0.244 e. The number of imide groups is 1. The largest absolute Gasteiger partial charge is 0.274 e. The maximum absolute atomic E-state index is 13.0. The molecule has 1 aliphatic heterocycles. The zero-order chi connectivity index (χ0) is 19.8. The van der Waals surface area contributed by atoms with Gasteiger partial charge in [0.25, 0.3) is 0 Å². The second-order valence-corrected chi connectivity index (χ2v) is 9.04. The molecule has 1 heterocycles. The summed E-state index contributed by atoms with van der Waals surface area (Å²) in [5.74, 6) is -1.36. The van der Waals surface area contributed by atoms with E-state index in [9.17, 15) is 18.0 Å². The van der Waals surface area contributed by atoms with Crippen LogP contribution in [0.15, 0.2) is 65.6 Å². The summed E-state index contributed by atoms with van der Waals surface area (Å²) in [6.07, 6.45) is 1.60. The van der Waals surface area contributed by atoms with Crippen LogP contribution in [0.1, 0.15) is 25.0 Å². The van der Waals surface area contributed by atoms with Crippen molar-refractivity contribution in [1.29, 1.82) is 0 Å². The van der Waals surface area contributed by atoms with Gasteiger partial charge in [-0.1, -0.05) is 42.5 Å². The lowest BCUT2D eigenvalue weighted by molar-refractivity contribution is -0.142. The molecule has 0 saturated heterocycles. The highest BCUT2D eigenvalue weighted by Crippen LogP contribution is 2.39. The third-order valence-corrected chi connectivity index (χ3v) is 6.56. The van der Waals surface area contributed by atoms with E-state index in [0.29, 0.717) is 11.3 Å². The number of rotatable bonds is 4. The molecular formula is C21H21NO4S. The maximum atomic E-state index is 13.0. The minimum atomic E-state index is -3.72. The van der Waals surface area contributed by atoms with Crippen molar-refractivity contribution in [2.24, 2.45) is 5.41 Å². The number of nitrogens with zero attached hydrogens (tertiary/aromatic N) is 1. The fraction of sp³-hybridized carbons (Fsp3) is 0.238. The first-order valence-corrected chi connectivity index (χ1v) is 10.2. The summed E-state index contributed by atoms with van der Waals surface area (Å²) in [7, 11) is -3.72. The number of carbonyl (C=O) groups is 2. The highest BCUT2D eigenvalue weighted by Gasteiger charge is 2.47. The van der Waals surface area contributed by atoms with Gasteiger partial charge in [-0.15, -0.1) is 0 Å². The molecule has 1 atom stereocenters. The zero-order valence-electron chi connectivity index (χ0n) is 15.5. The average Bonchev–Trinajstić information content (AvgIpc) is 2.86. The molecule has 140 valence electrons. The van der Waals surface area contributed by atoms with Crippen molar-refractivity contribution >= 4 is 27.3 Å². The molecule has 2 aromatic carbocycles. The highest BCUT2D eigenvalue weighted by molar-refractivity contribution is 7.91. The van der Waals surface area contributed by atoms with E-state index in [2.05, 4.69) is 0 Å². The lowest BCUT2D eigenvalue weighted by Gasteiger charge is -2.23. The highest BCUT2D eigenvalue weighted by atomic mass is 32.2. The van der Waals surface area contributed by atoms with E-state index in [1.165, 1.54) is 13.0 Å². The SMILES string of the molecule is CC(=O)N1C(=O)C(C)(CS(=O)(=O)c2cccc(C)c2)C=C1c1ccccc1. The van der Waals surface area contributed by atoms with Crippen LogP contribution < -0.4 is 0 Å². The molecule has 2 amide bonds. The van der Waals surface area contributed by atoms with Crippen LogP contribution in [-0.4, -0.2) is 30.9 Å². The van der Waals surface area contributed by atoms with Crippen molar-refractivity contribution in [3.8, 4) is 0 Å². The summed E-state index contributed by atoms with van der Waals surface area (Å²) < 4.78 is 25.9. The Bertz CT molecular complexity index is 1040. The van der Waals surface area contributed by atoms with Crippen molar-refractivity contribution in [2.75, 3.05) is 5.75 Å². The Morgan fingerprint density at radius 3 is 2.33 bits per heavy atom. The Labute approximate surface area is 159 Å². The first kappa shape index (κ1) is 19.0. The number of benzene rings is 2. The van der Waals surface area contributed by atoms with E-state index in [1.54, 1.807) is 49.4 Å². The summed E-state index contributed by atoms with van der Waals surface area (Å²) in [5, 5.41) is 0. The molecule has 0 aliphatic carbocycles. The summed E-state index contributed by atoms with van der Waals surface area (Å²) in [4.78, 5) is 26.4. The quantitative estimate of drug-likeness (QED) is 0.813. The molecule has 0 radical (unpaired) electrons. The van der Waals surface area contributed by atoms with E-state index >= 15 is 0 Å². The maximum Gasteiger partial charge on any atom is 0.244 e. The summed E-state index contributed by atoms with van der Waals surface area (Å²) in [5.41, 5.74) is 0.622. The molecule has 6 heteroatoms. The number of aryl methyl sites for hydroxylation is 1. The van der Waals surface area contributed by atoms with Gasteiger partial charge in [0.15, 0.2) is 9.84 Å². The van der Waals surface area contributed by atoms with E-state index in [4.69, 9.17) is 0 Å². The molecule has 2 aromatic rings. The van der Waals surface area contributed by atoms with Gasteiger partial charge in [-0.3, -0.25) is 9.59 Å². The number of hydrogen-bond donors (Lipinski definition) is 0. The van der Waals surface area contributed by atoms with Gasteiger partial charge >= 0.3 is 0 Å². The van der Waals surface area contributed by atoms with Gasteiger partial charge < -0.3 is 0 Å². The van der Waals surface area contributed by atoms with Crippen molar-refractivity contribution in [3.63, 3.8) is 0 Å². The minimum Gasteiger partial charge on any atom is -0.274 e. The van der Waals surface area contributed by atoms with Gasteiger partial charge in [0.05, 0.1) is 21.8 Å². The molecule has 0 bridgehead atoms. The molecule has 0 saturated carbocycles. The Hall–Kier alpha value is -2.73. The van der Waals surface area contributed by atoms with Crippen LogP contribution in [0.2, 0.25) is 0 Å². The standard InChI is InChI=1S/C21H21NO4S/c1-15-8-7-11-18(12-15)27(25,26)14-21(3)13-19(17-9-5-4-6-10-17)22(16(2)23)20(21)24/h4-13H,14H2,1-3H3. The van der Waals surface area contributed by atoms with E-state index in [1.807, 2.05) is 19.1 Å². The third kappa shape index (κ3) is 3.57. The fourth-order valence-electron chi connectivity index (χ4n) is 3.32. The Kier molecular flexibility index (Phi) is 4.78. The molecule has 0 spiro atoms. The van der Waals surface area contributed by atoms with Crippen molar-refractivity contribution < 1.29 is 18.0 Å². The summed E-state index contributed by atoms with van der Waals surface area (Å²) >= 11 is 0. The van der Waals surface area contributed by atoms with Crippen LogP contribution >= 0.6 is 0 Å². The molecule has 0 N–H and O–H groups in total. The predicted octanol–water partition coefficient (Wildman–Crippen LogP) is 3.20.